The molecule has 0 aliphatic carbocycles. The molecule has 6 nitrogen and oxygen atoms in total. The minimum atomic E-state index is 0.459. The lowest BCUT2D eigenvalue weighted by Gasteiger charge is -2.04. The fourth-order valence-electron chi connectivity index (χ4n) is 2.77. The van der Waals surface area contributed by atoms with Gasteiger partial charge >= 0.3 is 0 Å². The van der Waals surface area contributed by atoms with Crippen molar-refractivity contribution in [1.29, 1.82) is 0 Å². The summed E-state index contributed by atoms with van der Waals surface area (Å²) in [6, 6.07) is 13.8. The summed E-state index contributed by atoms with van der Waals surface area (Å²) in [6.45, 7) is 4.20. The maximum atomic E-state index is 6.30. The third-order valence-corrected chi connectivity index (χ3v) is 5.38. The summed E-state index contributed by atoms with van der Waals surface area (Å²) in [7, 11) is 1.63. The van der Waals surface area contributed by atoms with Crippen molar-refractivity contribution in [2.45, 2.75) is 13.8 Å². The van der Waals surface area contributed by atoms with Gasteiger partial charge in [-0.2, -0.15) is 4.68 Å². The molecule has 0 aliphatic heterocycles. The van der Waals surface area contributed by atoms with Gasteiger partial charge in [0, 0.05) is 10.9 Å². The highest BCUT2D eigenvalue weighted by atomic mass is 32.1. The van der Waals surface area contributed by atoms with Crippen molar-refractivity contribution in [3.8, 4) is 33.4 Å². The maximum Gasteiger partial charge on any atom is 0.165 e. The lowest BCUT2D eigenvalue weighted by atomic mass is 10.1. The Morgan fingerprint density at radius 2 is 1.81 bits per heavy atom. The molecule has 0 spiro atoms. The van der Waals surface area contributed by atoms with Gasteiger partial charge < -0.3 is 10.5 Å². The Morgan fingerprint density at radius 3 is 2.52 bits per heavy atom. The van der Waals surface area contributed by atoms with Crippen LogP contribution in [0.3, 0.4) is 0 Å². The average molecular weight is 377 g/mol. The van der Waals surface area contributed by atoms with Gasteiger partial charge in [0.15, 0.2) is 11.5 Å². The lowest BCUT2D eigenvalue weighted by Crippen LogP contribution is -2.02. The molecule has 2 aromatic carbocycles. The molecule has 0 saturated carbocycles. The van der Waals surface area contributed by atoms with E-state index in [0.29, 0.717) is 11.5 Å². The molecule has 0 unspecified atom stereocenters. The molecular formula is C20H19N5OS. The first kappa shape index (κ1) is 17.2. The Labute approximate surface area is 161 Å². The smallest absolute Gasteiger partial charge is 0.165 e. The molecule has 4 aromatic rings. The van der Waals surface area contributed by atoms with Gasteiger partial charge in [0.2, 0.25) is 0 Å². The topological polar surface area (TPSA) is 78.8 Å². The number of anilines is 1. The van der Waals surface area contributed by atoms with Crippen LogP contribution in [0.4, 0.5) is 5.82 Å². The molecule has 27 heavy (non-hydrogen) atoms. The summed E-state index contributed by atoms with van der Waals surface area (Å²) in [5.41, 5.74) is 12.2. The van der Waals surface area contributed by atoms with E-state index in [1.165, 1.54) is 22.5 Å². The number of aromatic nitrogens is 4. The van der Waals surface area contributed by atoms with Crippen LogP contribution < -0.4 is 10.5 Å². The van der Waals surface area contributed by atoms with Gasteiger partial charge in [-0.15, -0.1) is 16.4 Å². The number of nitrogens with zero attached hydrogens (tertiary/aromatic N) is 4. The van der Waals surface area contributed by atoms with E-state index in [1.807, 2.05) is 29.6 Å². The number of benzene rings is 2. The molecule has 0 saturated heterocycles. The van der Waals surface area contributed by atoms with Gasteiger partial charge in [-0.05, 0) is 55.3 Å². The Kier molecular flexibility index (Phi) is 4.37. The molecule has 136 valence electrons. The van der Waals surface area contributed by atoms with E-state index in [-0.39, 0.29) is 0 Å². The SMILES string of the molecule is COc1ccc(-n2nnc(-c3nc(-c4ccc(C)c(C)c4)cs3)c2N)cc1. The van der Waals surface area contributed by atoms with Gasteiger partial charge in [0.1, 0.15) is 10.8 Å². The van der Waals surface area contributed by atoms with E-state index in [0.717, 1.165) is 27.7 Å². The van der Waals surface area contributed by atoms with E-state index in [9.17, 15) is 0 Å². The van der Waals surface area contributed by atoms with E-state index in [4.69, 9.17) is 15.5 Å². The lowest BCUT2D eigenvalue weighted by molar-refractivity contribution is 0.414. The fraction of sp³-hybridized carbons (Fsp3) is 0.150. The van der Waals surface area contributed by atoms with Gasteiger partial charge in [-0.1, -0.05) is 17.3 Å². The van der Waals surface area contributed by atoms with Crippen LogP contribution in [-0.4, -0.2) is 27.1 Å². The second-order valence-corrected chi connectivity index (χ2v) is 7.13. The zero-order valence-electron chi connectivity index (χ0n) is 15.3. The molecule has 7 heteroatoms. The summed E-state index contributed by atoms with van der Waals surface area (Å²) in [6.07, 6.45) is 0. The van der Waals surface area contributed by atoms with Gasteiger partial charge in [0.05, 0.1) is 18.5 Å². The Morgan fingerprint density at radius 1 is 1.04 bits per heavy atom. The average Bonchev–Trinajstić information content (AvgIpc) is 3.31. The first-order valence-electron chi connectivity index (χ1n) is 8.46. The molecule has 0 fully saturated rings. The number of thiazole rings is 1. The van der Waals surface area contributed by atoms with Crippen molar-refractivity contribution < 1.29 is 4.74 Å². The minimum Gasteiger partial charge on any atom is -0.497 e. The number of hydrogen-bond donors (Lipinski definition) is 1. The molecule has 2 aromatic heterocycles. The van der Waals surface area contributed by atoms with E-state index < -0.39 is 0 Å². The van der Waals surface area contributed by atoms with Crippen LogP contribution in [0.1, 0.15) is 11.1 Å². The molecular weight excluding hydrogens is 358 g/mol. The second kappa shape index (κ2) is 6.85. The third kappa shape index (κ3) is 3.17. The van der Waals surface area contributed by atoms with E-state index >= 15 is 0 Å². The van der Waals surface area contributed by atoms with Crippen LogP contribution in [0.15, 0.2) is 47.8 Å². The zero-order valence-corrected chi connectivity index (χ0v) is 16.1. The van der Waals surface area contributed by atoms with Crippen LogP contribution in [0, 0.1) is 13.8 Å². The van der Waals surface area contributed by atoms with Crippen LogP contribution in [-0.2, 0) is 0 Å². The molecule has 0 bridgehead atoms. The van der Waals surface area contributed by atoms with Crippen molar-refractivity contribution >= 4 is 17.2 Å². The number of nitrogen functional groups attached to an aromatic ring is 1. The first-order chi connectivity index (χ1) is 13.1. The summed E-state index contributed by atoms with van der Waals surface area (Å²) in [4.78, 5) is 4.72. The largest absolute Gasteiger partial charge is 0.497 e. The van der Waals surface area contributed by atoms with E-state index in [2.05, 4.69) is 42.4 Å². The van der Waals surface area contributed by atoms with Crippen molar-refractivity contribution in [1.82, 2.24) is 20.0 Å². The van der Waals surface area contributed by atoms with Crippen LogP contribution in [0.5, 0.6) is 5.75 Å². The van der Waals surface area contributed by atoms with Crippen molar-refractivity contribution in [3.05, 3.63) is 59.0 Å². The third-order valence-electron chi connectivity index (χ3n) is 4.53. The molecule has 0 radical (unpaired) electrons. The number of aryl methyl sites for hydroxylation is 2. The Hall–Kier alpha value is -3.19. The molecule has 2 heterocycles. The molecule has 2 N–H and O–H groups in total. The van der Waals surface area contributed by atoms with Crippen molar-refractivity contribution in [2.24, 2.45) is 0 Å². The number of nitrogens with two attached hydrogens (primary N) is 1. The Bertz CT molecular complexity index is 1100. The van der Waals surface area contributed by atoms with Crippen molar-refractivity contribution in [2.75, 3.05) is 12.8 Å². The van der Waals surface area contributed by atoms with Crippen LogP contribution in [0.2, 0.25) is 0 Å². The summed E-state index contributed by atoms with van der Waals surface area (Å²) >= 11 is 1.51. The molecule has 4 rings (SSSR count). The molecule has 0 atom stereocenters. The van der Waals surface area contributed by atoms with Crippen molar-refractivity contribution in [3.63, 3.8) is 0 Å². The van der Waals surface area contributed by atoms with Crippen LogP contribution >= 0.6 is 11.3 Å². The fourth-order valence-corrected chi connectivity index (χ4v) is 3.59. The van der Waals surface area contributed by atoms with Crippen LogP contribution in [0.25, 0.3) is 27.6 Å². The highest BCUT2D eigenvalue weighted by molar-refractivity contribution is 7.13. The van der Waals surface area contributed by atoms with Gasteiger partial charge in [-0.25, -0.2) is 4.98 Å². The highest BCUT2D eigenvalue weighted by Gasteiger charge is 2.17. The van der Waals surface area contributed by atoms with Gasteiger partial charge in [-0.3, -0.25) is 0 Å². The zero-order chi connectivity index (χ0) is 19.0. The predicted molar refractivity (Wildman–Crippen MR) is 108 cm³/mol. The van der Waals surface area contributed by atoms with E-state index in [1.54, 1.807) is 11.8 Å². The second-order valence-electron chi connectivity index (χ2n) is 6.27. The monoisotopic (exact) mass is 377 g/mol. The number of methoxy groups -OCH3 is 1. The minimum absolute atomic E-state index is 0.459. The van der Waals surface area contributed by atoms with Gasteiger partial charge in [0.25, 0.3) is 0 Å². The normalized spacial score (nSPS) is 10.9. The number of ether oxygens (including phenoxy) is 1. The number of rotatable bonds is 4. The summed E-state index contributed by atoms with van der Waals surface area (Å²) in [5, 5.41) is 11.2. The molecule has 0 amide bonds. The summed E-state index contributed by atoms with van der Waals surface area (Å²) in [5.74, 6) is 1.23. The summed E-state index contributed by atoms with van der Waals surface area (Å²) < 4.78 is 6.79. The Balaban J connectivity index is 1.67. The highest BCUT2D eigenvalue weighted by Crippen LogP contribution is 2.32. The number of hydrogen-bond acceptors (Lipinski definition) is 6. The quantitative estimate of drug-likeness (QED) is 0.575. The predicted octanol–water partition coefficient (Wildman–Crippen LogP) is 4.27. The molecule has 0 aliphatic rings. The maximum absolute atomic E-state index is 6.30. The first-order valence-corrected chi connectivity index (χ1v) is 9.34. The standard InChI is InChI=1S/C20H19N5OS/c1-12-4-5-14(10-13(12)2)17-11-27-20(22-17)18-19(21)25(24-23-18)15-6-8-16(26-3)9-7-15/h4-11H,21H2,1-3H3.